The Bertz CT molecular complexity index is 540. The third-order valence-corrected chi connectivity index (χ3v) is 3.82. The number of aliphatic hydroxyl groups is 1. The number of hydrogen-bond acceptors (Lipinski definition) is 3. The molecule has 1 rings (SSSR count). The Hall–Kier alpha value is -1.70. The highest BCUT2D eigenvalue weighted by molar-refractivity contribution is 5.69. The molecule has 25 heavy (non-hydrogen) atoms. The molecule has 0 radical (unpaired) electrons. The Balaban J connectivity index is 2.44. The first-order valence-electron chi connectivity index (χ1n) is 7.85. The number of hydrogen-bond donors (Lipinski definition) is 1. The number of aliphatic hydroxyl groups excluding tert-OH is 1. The number of carbonyl (C=O) groups is 1. The molecule has 1 atom stereocenters. The van der Waals surface area contributed by atoms with E-state index in [1.54, 1.807) is 24.3 Å². The van der Waals surface area contributed by atoms with E-state index < -0.39 is 31.0 Å². The lowest BCUT2D eigenvalue weighted by molar-refractivity contribution is -0.284. The molecule has 1 aromatic carbocycles. The quantitative estimate of drug-likeness (QED) is 0.513. The van der Waals surface area contributed by atoms with E-state index in [9.17, 15) is 31.9 Å². The molecular weight excluding hydrogens is 347 g/mol. The fraction of sp³-hybridized carbons (Fsp3) is 0.588. The first kappa shape index (κ1) is 21.3. The number of esters is 1. The number of ether oxygens (including phenoxy) is 1. The van der Waals surface area contributed by atoms with Crippen molar-refractivity contribution in [2.24, 2.45) is 0 Å². The highest BCUT2D eigenvalue weighted by atomic mass is 19.4. The number of alkyl halides is 5. The van der Waals surface area contributed by atoms with E-state index in [-0.39, 0.29) is 18.8 Å². The van der Waals surface area contributed by atoms with Crippen LogP contribution < -0.4 is 0 Å². The van der Waals surface area contributed by atoms with Crippen LogP contribution in [0.15, 0.2) is 24.3 Å². The van der Waals surface area contributed by atoms with Gasteiger partial charge in [0.2, 0.25) is 0 Å². The summed E-state index contributed by atoms with van der Waals surface area (Å²) in [5.74, 6) is -5.04. The summed E-state index contributed by atoms with van der Waals surface area (Å²) in [7, 11) is 1.31. The molecule has 0 bridgehead atoms. The highest BCUT2D eigenvalue weighted by Crippen LogP contribution is 2.39. The van der Waals surface area contributed by atoms with Gasteiger partial charge in [0.05, 0.1) is 13.2 Å². The molecule has 0 fully saturated rings. The van der Waals surface area contributed by atoms with Crippen molar-refractivity contribution >= 4 is 5.97 Å². The minimum Gasteiger partial charge on any atom is -0.469 e. The number of aryl methyl sites for hydroxylation is 1. The molecular formula is C17H21F5O3. The zero-order valence-electron chi connectivity index (χ0n) is 13.8. The lowest BCUT2D eigenvalue weighted by Crippen LogP contribution is -2.36. The van der Waals surface area contributed by atoms with Gasteiger partial charge in [0.1, 0.15) is 0 Å². The summed E-state index contributed by atoms with van der Waals surface area (Å²) in [4.78, 5) is 11.0. The van der Waals surface area contributed by atoms with Crippen LogP contribution in [0.1, 0.15) is 49.3 Å². The summed E-state index contributed by atoms with van der Waals surface area (Å²) in [5, 5.41) is 9.90. The Kier molecular flexibility index (Phi) is 7.79. The summed E-state index contributed by atoms with van der Waals surface area (Å²) >= 11 is 0. The van der Waals surface area contributed by atoms with Crippen molar-refractivity contribution in [2.75, 3.05) is 7.11 Å². The molecule has 8 heteroatoms. The van der Waals surface area contributed by atoms with E-state index in [4.69, 9.17) is 0 Å². The summed E-state index contributed by atoms with van der Waals surface area (Å²) < 4.78 is 66.3. The minimum absolute atomic E-state index is 0.187. The van der Waals surface area contributed by atoms with Crippen LogP contribution in [0.25, 0.3) is 0 Å². The van der Waals surface area contributed by atoms with Crippen LogP contribution in [0.5, 0.6) is 0 Å². The average molecular weight is 368 g/mol. The van der Waals surface area contributed by atoms with Crippen LogP contribution in [-0.4, -0.2) is 30.3 Å². The van der Waals surface area contributed by atoms with Gasteiger partial charge in [-0.15, -0.1) is 0 Å². The second kappa shape index (κ2) is 9.12. The van der Waals surface area contributed by atoms with E-state index in [0.717, 1.165) is 5.56 Å². The van der Waals surface area contributed by atoms with E-state index >= 15 is 0 Å². The Labute approximate surface area is 142 Å². The zero-order chi connectivity index (χ0) is 19.1. The van der Waals surface area contributed by atoms with Crippen LogP contribution in [-0.2, 0) is 16.0 Å². The second-order valence-corrected chi connectivity index (χ2v) is 5.78. The Morgan fingerprint density at radius 3 is 2.24 bits per heavy atom. The van der Waals surface area contributed by atoms with Crippen molar-refractivity contribution in [1.29, 1.82) is 0 Å². The van der Waals surface area contributed by atoms with Crippen molar-refractivity contribution in [2.45, 2.75) is 56.7 Å². The molecule has 1 aromatic rings. The van der Waals surface area contributed by atoms with Crippen LogP contribution in [0, 0.1) is 0 Å². The van der Waals surface area contributed by atoms with Gasteiger partial charge in [0.25, 0.3) is 0 Å². The predicted octanol–water partition coefficient (Wildman–Crippen LogP) is 4.58. The van der Waals surface area contributed by atoms with E-state index in [1.165, 1.54) is 7.11 Å². The smallest absolute Gasteiger partial charge is 0.453 e. The van der Waals surface area contributed by atoms with Crippen LogP contribution in [0.4, 0.5) is 22.0 Å². The third-order valence-electron chi connectivity index (χ3n) is 3.82. The molecule has 0 aromatic heterocycles. The lowest BCUT2D eigenvalue weighted by atomic mass is 9.99. The molecule has 0 aliphatic heterocycles. The summed E-state index contributed by atoms with van der Waals surface area (Å²) in [5.41, 5.74) is 1.37. The first-order chi connectivity index (χ1) is 11.6. The Morgan fingerprint density at radius 1 is 1.12 bits per heavy atom. The van der Waals surface area contributed by atoms with Crippen LogP contribution in [0.3, 0.4) is 0 Å². The summed E-state index contributed by atoms with van der Waals surface area (Å²) in [6, 6.07) is 6.64. The molecule has 1 N–H and O–H groups in total. The molecule has 0 saturated carbocycles. The van der Waals surface area contributed by atoms with Gasteiger partial charge >= 0.3 is 18.1 Å². The molecule has 142 valence electrons. The van der Waals surface area contributed by atoms with E-state index in [1.807, 2.05) is 0 Å². The molecule has 0 aliphatic rings. The van der Waals surface area contributed by atoms with Crippen molar-refractivity contribution in [3.63, 3.8) is 0 Å². The van der Waals surface area contributed by atoms with Gasteiger partial charge < -0.3 is 9.84 Å². The SMILES string of the molecule is COC(=O)CCCc1ccc([C@H](O)CCCC(F)(F)C(F)(F)F)cc1. The van der Waals surface area contributed by atoms with Gasteiger partial charge in [0, 0.05) is 12.8 Å². The molecule has 0 unspecified atom stereocenters. The lowest BCUT2D eigenvalue weighted by Gasteiger charge is -2.20. The highest BCUT2D eigenvalue weighted by Gasteiger charge is 2.56. The molecule has 0 aliphatic carbocycles. The summed E-state index contributed by atoms with van der Waals surface area (Å²) in [6.45, 7) is 0. The fourth-order valence-electron chi connectivity index (χ4n) is 2.27. The van der Waals surface area contributed by atoms with E-state index in [2.05, 4.69) is 4.74 Å². The number of methoxy groups -OCH3 is 1. The average Bonchev–Trinajstić information content (AvgIpc) is 2.54. The second-order valence-electron chi connectivity index (χ2n) is 5.78. The van der Waals surface area contributed by atoms with E-state index in [0.29, 0.717) is 18.4 Å². The van der Waals surface area contributed by atoms with Crippen LogP contribution >= 0.6 is 0 Å². The maximum Gasteiger partial charge on any atom is 0.453 e. The van der Waals surface area contributed by atoms with Gasteiger partial charge in [-0.3, -0.25) is 4.79 Å². The van der Waals surface area contributed by atoms with Crippen molar-refractivity contribution in [3.05, 3.63) is 35.4 Å². The molecule has 0 amide bonds. The standard InChI is InChI=1S/C17H21F5O3/c1-25-15(24)6-2-4-12-7-9-13(10-8-12)14(23)5-3-11-16(18,19)17(20,21)22/h7-10,14,23H,2-6,11H2,1H3/t14-/m1/s1. The monoisotopic (exact) mass is 368 g/mol. The largest absolute Gasteiger partial charge is 0.469 e. The molecule has 3 nitrogen and oxygen atoms in total. The number of carbonyl (C=O) groups excluding carboxylic acids is 1. The first-order valence-corrected chi connectivity index (χ1v) is 7.85. The normalized spacial score (nSPS) is 13.6. The van der Waals surface area contributed by atoms with Gasteiger partial charge in [-0.1, -0.05) is 24.3 Å². The Morgan fingerprint density at radius 2 is 1.72 bits per heavy atom. The zero-order valence-corrected chi connectivity index (χ0v) is 13.8. The summed E-state index contributed by atoms with van der Waals surface area (Å²) in [6.07, 6.45) is -7.14. The van der Waals surface area contributed by atoms with Gasteiger partial charge in [-0.2, -0.15) is 22.0 Å². The maximum absolute atomic E-state index is 12.8. The van der Waals surface area contributed by atoms with Crippen molar-refractivity contribution in [1.82, 2.24) is 0 Å². The maximum atomic E-state index is 12.8. The van der Waals surface area contributed by atoms with Crippen LogP contribution in [0.2, 0.25) is 0 Å². The minimum atomic E-state index is -5.57. The fourth-order valence-corrected chi connectivity index (χ4v) is 2.27. The number of rotatable bonds is 9. The topological polar surface area (TPSA) is 46.5 Å². The van der Waals surface area contributed by atoms with Crippen molar-refractivity contribution < 1.29 is 36.6 Å². The predicted molar refractivity (Wildman–Crippen MR) is 81.2 cm³/mol. The van der Waals surface area contributed by atoms with Crippen molar-refractivity contribution in [3.8, 4) is 0 Å². The van der Waals surface area contributed by atoms with Gasteiger partial charge in [-0.25, -0.2) is 0 Å². The third kappa shape index (κ3) is 6.97. The molecule has 0 heterocycles. The van der Waals surface area contributed by atoms with Gasteiger partial charge in [0.15, 0.2) is 0 Å². The molecule has 0 spiro atoms. The van der Waals surface area contributed by atoms with Gasteiger partial charge in [-0.05, 0) is 36.8 Å². The number of halogens is 5. The number of benzene rings is 1. The molecule has 0 saturated heterocycles.